The number of carbonyl (C=O) groups is 1. The second-order valence-corrected chi connectivity index (χ2v) is 7.10. The van der Waals surface area contributed by atoms with Gasteiger partial charge in [0.1, 0.15) is 0 Å². The molecule has 3 N–H and O–H groups in total. The van der Waals surface area contributed by atoms with Crippen LogP contribution in [0.4, 0.5) is 4.79 Å². The summed E-state index contributed by atoms with van der Waals surface area (Å²) in [5, 5.41) is 6.23. The third-order valence-electron chi connectivity index (χ3n) is 5.38. The van der Waals surface area contributed by atoms with Crippen molar-refractivity contribution in [3.8, 4) is 0 Å². The lowest BCUT2D eigenvalue weighted by atomic mass is 9.95. The fraction of sp³-hybridized carbons (Fsp3) is 0.947. The molecule has 24 heavy (non-hydrogen) atoms. The molecule has 0 aliphatic heterocycles. The van der Waals surface area contributed by atoms with Gasteiger partial charge in [0.25, 0.3) is 0 Å². The largest absolute Gasteiger partial charge is 1.00 e. The van der Waals surface area contributed by atoms with E-state index in [1.54, 1.807) is 4.90 Å². The fourth-order valence-corrected chi connectivity index (χ4v) is 3.66. The van der Waals surface area contributed by atoms with Crippen LogP contribution >= 0.6 is 0 Å². The van der Waals surface area contributed by atoms with Gasteiger partial charge in [0.2, 0.25) is 0 Å². The lowest BCUT2D eigenvalue weighted by molar-refractivity contribution is -0.894. The highest BCUT2D eigenvalue weighted by Crippen LogP contribution is 2.19. The van der Waals surface area contributed by atoms with Crippen molar-refractivity contribution >= 4 is 6.03 Å². The molecule has 2 fully saturated rings. The maximum Gasteiger partial charge on any atom is 0.315 e. The van der Waals surface area contributed by atoms with Crippen molar-refractivity contribution in [3.05, 3.63) is 0 Å². The van der Waals surface area contributed by atoms with Crippen molar-refractivity contribution in [1.82, 2.24) is 10.6 Å². The van der Waals surface area contributed by atoms with Crippen LogP contribution in [0.15, 0.2) is 0 Å². The standard InChI is InChI=1S/C13H24N2O.C6H15N.ClH/c16-13(14-11-7-3-1-4-8-11)15-12-9-5-2-6-10-12;1-4-7(5-2)6-3;/h11-12H,1-10H2,(H2,14,15,16);4-6H2,1-3H3;1H. The highest BCUT2D eigenvalue weighted by molar-refractivity contribution is 5.74. The maximum absolute atomic E-state index is 11.8. The van der Waals surface area contributed by atoms with Gasteiger partial charge in [0.05, 0.1) is 19.6 Å². The first-order valence-corrected chi connectivity index (χ1v) is 10.1. The Kier molecular flexibility index (Phi) is 14.5. The number of quaternary nitrogens is 1. The second kappa shape index (κ2) is 14.8. The Morgan fingerprint density at radius 3 is 1.33 bits per heavy atom. The van der Waals surface area contributed by atoms with Gasteiger partial charge < -0.3 is 27.9 Å². The first kappa shape index (κ1) is 23.5. The van der Waals surface area contributed by atoms with E-state index in [-0.39, 0.29) is 18.4 Å². The van der Waals surface area contributed by atoms with Crippen molar-refractivity contribution in [2.75, 3.05) is 19.6 Å². The van der Waals surface area contributed by atoms with E-state index < -0.39 is 0 Å². The molecule has 0 radical (unpaired) electrons. The molecule has 0 unspecified atom stereocenters. The molecule has 2 rings (SSSR count). The van der Waals surface area contributed by atoms with E-state index >= 15 is 0 Å². The average Bonchev–Trinajstić information content (AvgIpc) is 2.59. The summed E-state index contributed by atoms with van der Waals surface area (Å²) < 4.78 is 0. The van der Waals surface area contributed by atoms with Crippen LogP contribution in [0.25, 0.3) is 0 Å². The molecule has 2 aliphatic carbocycles. The summed E-state index contributed by atoms with van der Waals surface area (Å²) >= 11 is 0. The highest BCUT2D eigenvalue weighted by atomic mass is 35.5. The molecule has 0 saturated heterocycles. The topological polar surface area (TPSA) is 45.6 Å². The lowest BCUT2D eigenvalue weighted by Gasteiger charge is -2.26. The number of amides is 2. The molecule has 2 saturated carbocycles. The minimum atomic E-state index is 0. The maximum atomic E-state index is 11.8. The van der Waals surface area contributed by atoms with Gasteiger partial charge in [-0.15, -0.1) is 0 Å². The Morgan fingerprint density at radius 1 is 0.750 bits per heavy atom. The molecule has 0 aromatic rings. The van der Waals surface area contributed by atoms with Crippen LogP contribution in [0.5, 0.6) is 0 Å². The third-order valence-corrected chi connectivity index (χ3v) is 5.38. The molecule has 2 aliphatic rings. The summed E-state index contributed by atoms with van der Waals surface area (Å²) in [5.74, 6) is 0. The zero-order valence-corrected chi connectivity index (χ0v) is 16.9. The highest BCUT2D eigenvalue weighted by Gasteiger charge is 2.19. The lowest BCUT2D eigenvalue weighted by Crippen LogP contribution is -3.11. The van der Waals surface area contributed by atoms with E-state index in [1.165, 1.54) is 58.2 Å². The molecule has 144 valence electrons. The van der Waals surface area contributed by atoms with Crippen LogP contribution in [-0.2, 0) is 0 Å². The quantitative estimate of drug-likeness (QED) is 0.628. The van der Waals surface area contributed by atoms with Gasteiger partial charge in [0, 0.05) is 12.1 Å². The summed E-state index contributed by atoms with van der Waals surface area (Å²) in [6.07, 6.45) is 12.4. The summed E-state index contributed by atoms with van der Waals surface area (Å²) in [5.41, 5.74) is 0. The molecule has 2 amide bonds. The molecular weight excluding hydrogens is 322 g/mol. The predicted octanol–water partition coefficient (Wildman–Crippen LogP) is -0.114. The van der Waals surface area contributed by atoms with Gasteiger partial charge in [-0.1, -0.05) is 38.5 Å². The van der Waals surface area contributed by atoms with Crippen LogP contribution in [0, 0.1) is 0 Å². The van der Waals surface area contributed by atoms with Gasteiger partial charge in [-0.3, -0.25) is 0 Å². The number of halogens is 1. The van der Waals surface area contributed by atoms with Crippen LogP contribution in [-0.4, -0.2) is 37.7 Å². The Hall–Kier alpha value is -0.480. The second-order valence-electron chi connectivity index (χ2n) is 7.10. The summed E-state index contributed by atoms with van der Waals surface area (Å²) in [6.45, 7) is 10.5. The molecule has 0 heterocycles. The molecule has 0 aromatic carbocycles. The molecule has 0 bridgehead atoms. The number of carbonyl (C=O) groups excluding carboxylic acids is 1. The number of hydrogen-bond acceptors (Lipinski definition) is 1. The molecule has 0 spiro atoms. The van der Waals surface area contributed by atoms with Gasteiger partial charge in [-0.05, 0) is 46.5 Å². The number of urea groups is 1. The minimum Gasteiger partial charge on any atom is -1.00 e. The zero-order valence-electron chi connectivity index (χ0n) is 16.1. The first-order valence-electron chi connectivity index (χ1n) is 10.1. The summed E-state index contributed by atoms with van der Waals surface area (Å²) in [6, 6.07) is 0.925. The van der Waals surface area contributed by atoms with Crippen molar-refractivity contribution < 1.29 is 22.1 Å². The summed E-state index contributed by atoms with van der Waals surface area (Å²) in [4.78, 5) is 13.4. The van der Waals surface area contributed by atoms with E-state index in [9.17, 15) is 4.79 Å². The van der Waals surface area contributed by atoms with Crippen molar-refractivity contribution in [2.45, 2.75) is 97.1 Å². The predicted molar refractivity (Wildman–Crippen MR) is 98.0 cm³/mol. The van der Waals surface area contributed by atoms with Crippen LogP contribution < -0.4 is 27.9 Å². The smallest absolute Gasteiger partial charge is 0.315 e. The number of nitrogens with one attached hydrogen (secondary N) is 3. The molecule has 0 atom stereocenters. The van der Waals surface area contributed by atoms with E-state index in [2.05, 4.69) is 31.4 Å². The Morgan fingerprint density at radius 2 is 1.08 bits per heavy atom. The Labute approximate surface area is 155 Å². The Bertz CT molecular complexity index is 271. The zero-order chi connectivity index (χ0) is 16.9. The van der Waals surface area contributed by atoms with Crippen molar-refractivity contribution in [1.29, 1.82) is 0 Å². The van der Waals surface area contributed by atoms with Crippen LogP contribution in [0.1, 0.15) is 85.0 Å². The fourth-order valence-electron chi connectivity index (χ4n) is 3.66. The monoisotopic (exact) mass is 361 g/mol. The van der Waals surface area contributed by atoms with Crippen LogP contribution in [0.2, 0.25) is 0 Å². The normalized spacial score (nSPS) is 19.0. The third kappa shape index (κ3) is 10.4. The van der Waals surface area contributed by atoms with E-state index in [1.807, 2.05) is 0 Å². The van der Waals surface area contributed by atoms with Crippen molar-refractivity contribution in [2.24, 2.45) is 0 Å². The number of hydrogen-bond donors (Lipinski definition) is 3. The van der Waals surface area contributed by atoms with E-state index in [0.29, 0.717) is 12.1 Å². The first-order chi connectivity index (χ1) is 11.2. The average molecular weight is 362 g/mol. The molecule has 5 heteroatoms. The van der Waals surface area contributed by atoms with Crippen molar-refractivity contribution in [3.63, 3.8) is 0 Å². The summed E-state index contributed by atoms with van der Waals surface area (Å²) in [7, 11) is 0. The molecule has 0 aromatic heterocycles. The minimum absolute atomic E-state index is 0. The molecule has 4 nitrogen and oxygen atoms in total. The van der Waals surface area contributed by atoms with Gasteiger partial charge in [-0.25, -0.2) is 4.79 Å². The van der Waals surface area contributed by atoms with E-state index in [0.717, 1.165) is 25.7 Å². The van der Waals surface area contributed by atoms with Gasteiger partial charge in [0.15, 0.2) is 0 Å². The van der Waals surface area contributed by atoms with Crippen LogP contribution in [0.3, 0.4) is 0 Å². The SMILES string of the molecule is CC[NH+](CC)CC.O=C(NC1CCCCC1)NC1CCCCC1.[Cl-]. The molecular formula is C19H40ClN3O. The van der Waals surface area contributed by atoms with E-state index in [4.69, 9.17) is 0 Å². The van der Waals surface area contributed by atoms with Gasteiger partial charge in [-0.2, -0.15) is 0 Å². The number of rotatable bonds is 5. The van der Waals surface area contributed by atoms with Gasteiger partial charge >= 0.3 is 6.03 Å². The Balaban J connectivity index is 0.000000570.